The maximum atomic E-state index is 12.5. The summed E-state index contributed by atoms with van der Waals surface area (Å²) in [6.45, 7) is 7.45. The molecule has 0 aromatic carbocycles. The fourth-order valence-electron chi connectivity index (χ4n) is 3.40. The lowest BCUT2D eigenvalue weighted by molar-refractivity contribution is -0.156. The van der Waals surface area contributed by atoms with E-state index in [4.69, 9.17) is 0 Å². The Hall–Kier alpha value is -1.06. The van der Waals surface area contributed by atoms with E-state index in [1.807, 2.05) is 4.90 Å². The van der Waals surface area contributed by atoms with Gasteiger partial charge in [0.15, 0.2) is 0 Å². The number of hydrogen-bond donors (Lipinski definition) is 0. The van der Waals surface area contributed by atoms with E-state index < -0.39 is 0 Å². The molecule has 2 saturated heterocycles. The number of rotatable bonds is 4. The van der Waals surface area contributed by atoms with Crippen LogP contribution in [0.2, 0.25) is 0 Å². The number of nitrogens with zero attached hydrogens (tertiary/aromatic N) is 2. The van der Waals surface area contributed by atoms with Gasteiger partial charge in [-0.05, 0) is 25.7 Å². The third-order valence-corrected chi connectivity index (χ3v) is 4.67. The molecular formula is C14H24N2O2. The topological polar surface area (TPSA) is 40.6 Å². The van der Waals surface area contributed by atoms with Gasteiger partial charge in [0.25, 0.3) is 0 Å². The summed E-state index contributed by atoms with van der Waals surface area (Å²) in [6, 6.07) is 0.0160. The van der Waals surface area contributed by atoms with Gasteiger partial charge in [-0.1, -0.05) is 26.7 Å². The number of amides is 2. The summed E-state index contributed by atoms with van der Waals surface area (Å²) < 4.78 is 0. The van der Waals surface area contributed by atoms with Crippen molar-refractivity contribution >= 4 is 11.8 Å². The molecule has 0 saturated carbocycles. The first-order valence-electron chi connectivity index (χ1n) is 7.20. The average molecular weight is 252 g/mol. The monoisotopic (exact) mass is 252 g/mol. The maximum absolute atomic E-state index is 12.5. The molecule has 2 aliphatic heterocycles. The molecule has 0 aromatic heterocycles. The van der Waals surface area contributed by atoms with E-state index in [1.165, 1.54) is 0 Å². The smallest absolute Gasteiger partial charge is 0.246 e. The van der Waals surface area contributed by atoms with Crippen molar-refractivity contribution < 1.29 is 9.59 Å². The first-order chi connectivity index (χ1) is 8.60. The first kappa shape index (κ1) is 13.4. The van der Waals surface area contributed by atoms with E-state index in [2.05, 4.69) is 20.8 Å². The fourth-order valence-corrected chi connectivity index (χ4v) is 3.40. The molecular weight excluding hydrogens is 228 g/mol. The zero-order valence-corrected chi connectivity index (χ0v) is 11.7. The fraction of sp³-hybridized carbons (Fsp3) is 0.857. The number of hydrogen-bond acceptors (Lipinski definition) is 2. The Labute approximate surface area is 109 Å². The van der Waals surface area contributed by atoms with Crippen LogP contribution in [-0.4, -0.2) is 46.8 Å². The Kier molecular flexibility index (Phi) is 3.93. The molecule has 0 aromatic rings. The Balaban J connectivity index is 2.13. The Morgan fingerprint density at radius 3 is 2.56 bits per heavy atom. The molecule has 18 heavy (non-hydrogen) atoms. The number of piperazine rings is 1. The quantitative estimate of drug-likeness (QED) is 0.763. The molecule has 2 amide bonds. The van der Waals surface area contributed by atoms with Gasteiger partial charge >= 0.3 is 0 Å². The third kappa shape index (κ3) is 2.13. The third-order valence-electron chi connectivity index (χ3n) is 4.67. The van der Waals surface area contributed by atoms with Crippen molar-refractivity contribution in [1.29, 1.82) is 0 Å². The molecule has 2 heterocycles. The number of fused-ring (bicyclic) bond motifs is 1. The Morgan fingerprint density at radius 1 is 1.28 bits per heavy atom. The molecule has 2 rings (SSSR count). The number of carbonyl (C=O) groups excluding carboxylic acids is 2. The molecule has 0 bridgehead atoms. The molecule has 2 atom stereocenters. The van der Waals surface area contributed by atoms with Crippen molar-refractivity contribution in [1.82, 2.24) is 9.80 Å². The van der Waals surface area contributed by atoms with Crippen LogP contribution in [0.25, 0.3) is 0 Å². The highest BCUT2D eigenvalue weighted by molar-refractivity contribution is 5.95. The minimum atomic E-state index is -0.164. The van der Waals surface area contributed by atoms with Gasteiger partial charge in [-0.3, -0.25) is 9.59 Å². The normalized spacial score (nSPS) is 25.9. The lowest BCUT2D eigenvalue weighted by Gasteiger charge is -2.41. The van der Waals surface area contributed by atoms with Crippen molar-refractivity contribution in [2.45, 2.75) is 58.5 Å². The molecule has 2 fully saturated rings. The molecule has 0 N–H and O–H groups in total. The highest BCUT2D eigenvalue weighted by atomic mass is 16.2. The summed E-state index contributed by atoms with van der Waals surface area (Å²) in [5.41, 5.74) is 0. The second kappa shape index (κ2) is 5.29. The summed E-state index contributed by atoms with van der Waals surface area (Å²) in [5.74, 6) is 0.802. The predicted octanol–water partition coefficient (Wildman–Crippen LogP) is 1.64. The van der Waals surface area contributed by atoms with Crippen molar-refractivity contribution in [3.05, 3.63) is 0 Å². The van der Waals surface area contributed by atoms with Crippen molar-refractivity contribution in [2.75, 3.05) is 13.1 Å². The molecule has 2 aliphatic rings. The lowest BCUT2D eigenvalue weighted by Crippen LogP contribution is -2.60. The van der Waals surface area contributed by atoms with Gasteiger partial charge in [-0.15, -0.1) is 0 Å². The summed E-state index contributed by atoms with van der Waals surface area (Å²) in [7, 11) is 0. The van der Waals surface area contributed by atoms with Crippen LogP contribution in [0.4, 0.5) is 0 Å². The van der Waals surface area contributed by atoms with E-state index in [0.717, 1.165) is 32.2 Å². The summed E-state index contributed by atoms with van der Waals surface area (Å²) in [6.07, 6.45) is 3.93. The predicted molar refractivity (Wildman–Crippen MR) is 70.0 cm³/mol. The van der Waals surface area contributed by atoms with Gasteiger partial charge in [0.2, 0.25) is 11.8 Å². The van der Waals surface area contributed by atoms with Gasteiger partial charge in [0.05, 0.1) is 0 Å². The zero-order chi connectivity index (χ0) is 13.3. The van der Waals surface area contributed by atoms with Crippen LogP contribution in [0.15, 0.2) is 0 Å². The van der Waals surface area contributed by atoms with E-state index in [1.54, 1.807) is 4.90 Å². The minimum absolute atomic E-state index is 0.134. The van der Waals surface area contributed by atoms with E-state index >= 15 is 0 Å². The zero-order valence-electron chi connectivity index (χ0n) is 11.7. The summed E-state index contributed by atoms with van der Waals surface area (Å²) in [4.78, 5) is 28.1. The van der Waals surface area contributed by atoms with Crippen LogP contribution in [-0.2, 0) is 9.59 Å². The standard InChI is InChI=1S/C14H24N2O2/c1-4-11(5-2)10(3)16-9-13(17)15-8-6-7-12(15)14(16)18/h10-12H,4-9H2,1-3H3. The highest BCUT2D eigenvalue weighted by Crippen LogP contribution is 2.27. The summed E-state index contributed by atoms with van der Waals surface area (Å²) in [5, 5.41) is 0. The second-order valence-corrected chi connectivity index (χ2v) is 5.53. The largest absolute Gasteiger partial charge is 0.329 e. The van der Waals surface area contributed by atoms with E-state index in [-0.39, 0.29) is 30.4 Å². The molecule has 0 aliphatic carbocycles. The second-order valence-electron chi connectivity index (χ2n) is 5.53. The first-order valence-corrected chi connectivity index (χ1v) is 7.20. The van der Waals surface area contributed by atoms with Crippen LogP contribution in [0.5, 0.6) is 0 Å². The number of carbonyl (C=O) groups is 2. The van der Waals surface area contributed by atoms with E-state index in [9.17, 15) is 9.59 Å². The maximum Gasteiger partial charge on any atom is 0.246 e. The van der Waals surface area contributed by atoms with Gasteiger partial charge in [0, 0.05) is 12.6 Å². The molecule has 4 heteroatoms. The van der Waals surface area contributed by atoms with E-state index in [0.29, 0.717) is 5.92 Å². The van der Waals surface area contributed by atoms with Crippen molar-refractivity contribution in [3.63, 3.8) is 0 Å². The molecule has 102 valence electrons. The van der Waals surface area contributed by atoms with Crippen LogP contribution >= 0.6 is 0 Å². The minimum Gasteiger partial charge on any atom is -0.329 e. The average Bonchev–Trinajstić information content (AvgIpc) is 2.85. The Morgan fingerprint density at radius 2 is 1.94 bits per heavy atom. The van der Waals surface area contributed by atoms with Crippen LogP contribution in [0.1, 0.15) is 46.5 Å². The van der Waals surface area contributed by atoms with Crippen LogP contribution in [0, 0.1) is 5.92 Å². The van der Waals surface area contributed by atoms with Gasteiger partial charge in [0.1, 0.15) is 12.6 Å². The van der Waals surface area contributed by atoms with Gasteiger partial charge in [-0.2, -0.15) is 0 Å². The molecule has 4 nitrogen and oxygen atoms in total. The summed E-state index contributed by atoms with van der Waals surface area (Å²) >= 11 is 0. The molecule has 2 unspecified atom stereocenters. The van der Waals surface area contributed by atoms with Crippen LogP contribution < -0.4 is 0 Å². The van der Waals surface area contributed by atoms with Crippen LogP contribution in [0.3, 0.4) is 0 Å². The SMILES string of the molecule is CCC(CC)C(C)N1CC(=O)N2CCCC2C1=O. The van der Waals surface area contributed by atoms with Gasteiger partial charge < -0.3 is 9.80 Å². The highest BCUT2D eigenvalue weighted by Gasteiger charge is 2.43. The molecule has 0 radical (unpaired) electrons. The van der Waals surface area contributed by atoms with Gasteiger partial charge in [-0.25, -0.2) is 0 Å². The van der Waals surface area contributed by atoms with Crippen molar-refractivity contribution in [2.24, 2.45) is 5.92 Å². The lowest BCUT2D eigenvalue weighted by atomic mass is 9.93. The Bertz CT molecular complexity index is 339. The van der Waals surface area contributed by atoms with Crippen molar-refractivity contribution in [3.8, 4) is 0 Å². The molecule has 0 spiro atoms.